The van der Waals surface area contributed by atoms with Crippen molar-refractivity contribution in [3.05, 3.63) is 36.0 Å². The van der Waals surface area contributed by atoms with E-state index in [2.05, 4.69) is 5.32 Å². The number of carbonyl (C=O) groups is 3. The molecule has 25 heavy (non-hydrogen) atoms. The topological polar surface area (TPSA) is 91.6 Å². The van der Waals surface area contributed by atoms with Gasteiger partial charge in [0.05, 0.1) is 0 Å². The highest BCUT2D eigenvalue weighted by atomic mass is 16.4. The van der Waals surface area contributed by atoms with Gasteiger partial charge in [-0.1, -0.05) is 18.2 Å². The van der Waals surface area contributed by atoms with Crippen LogP contribution in [0.2, 0.25) is 0 Å². The number of carbonyl (C=O) groups excluding carboxylic acids is 2. The number of hydrogen-bond acceptors (Lipinski definition) is 4. The van der Waals surface area contributed by atoms with Gasteiger partial charge < -0.3 is 19.9 Å². The Bertz CT molecular complexity index is 842. The number of amides is 1. The standard InChI is InChI=1S/C18H21N3O4/c1-11(22)14-9-20(15-6-4-3-5-13(14)15)10-17(23)21-8-12(19-2)7-16(21)18(24)25/h3-6,9,12,16,19H,7-8,10H2,1-2H3,(H,24,25)/t12-,16-/m0/s1. The number of ketones is 1. The number of nitrogens with one attached hydrogen (secondary N) is 1. The molecule has 1 fully saturated rings. The van der Waals surface area contributed by atoms with Gasteiger partial charge in [-0.2, -0.15) is 0 Å². The summed E-state index contributed by atoms with van der Waals surface area (Å²) in [5.41, 5.74) is 1.35. The van der Waals surface area contributed by atoms with Crippen molar-refractivity contribution >= 4 is 28.6 Å². The van der Waals surface area contributed by atoms with Gasteiger partial charge in [-0.15, -0.1) is 0 Å². The van der Waals surface area contributed by atoms with Crippen LogP contribution in [-0.2, 0) is 16.1 Å². The molecule has 3 rings (SSSR count). The number of Topliss-reactive ketones (excluding diaryl/α,β-unsaturated/α-hetero) is 1. The first-order valence-corrected chi connectivity index (χ1v) is 8.20. The van der Waals surface area contributed by atoms with Crippen LogP contribution in [0.15, 0.2) is 30.5 Å². The van der Waals surface area contributed by atoms with Gasteiger partial charge in [-0.25, -0.2) is 4.79 Å². The van der Waals surface area contributed by atoms with Gasteiger partial charge in [0.2, 0.25) is 5.91 Å². The second-order valence-corrected chi connectivity index (χ2v) is 6.37. The molecule has 2 N–H and O–H groups in total. The number of aromatic nitrogens is 1. The molecule has 0 bridgehead atoms. The molecule has 132 valence electrons. The van der Waals surface area contributed by atoms with Gasteiger partial charge in [-0.3, -0.25) is 9.59 Å². The molecule has 0 aliphatic carbocycles. The zero-order valence-corrected chi connectivity index (χ0v) is 14.2. The fourth-order valence-corrected chi connectivity index (χ4v) is 3.45. The largest absolute Gasteiger partial charge is 0.480 e. The van der Waals surface area contributed by atoms with Crippen molar-refractivity contribution in [3.8, 4) is 0 Å². The predicted molar refractivity (Wildman–Crippen MR) is 92.5 cm³/mol. The predicted octanol–water partition coefficient (Wildman–Crippen LogP) is 1.12. The van der Waals surface area contributed by atoms with E-state index in [9.17, 15) is 19.5 Å². The van der Waals surface area contributed by atoms with Gasteiger partial charge in [0, 0.05) is 35.2 Å². The number of para-hydroxylation sites is 1. The molecule has 2 atom stereocenters. The van der Waals surface area contributed by atoms with Crippen LogP contribution in [0.4, 0.5) is 0 Å². The van der Waals surface area contributed by atoms with Crippen LogP contribution in [0.3, 0.4) is 0 Å². The number of benzene rings is 1. The molecule has 0 unspecified atom stereocenters. The molecule has 7 heteroatoms. The zero-order valence-electron chi connectivity index (χ0n) is 14.2. The number of carboxylic acids is 1. The minimum absolute atomic E-state index is 0.00794. The summed E-state index contributed by atoms with van der Waals surface area (Å²) < 4.78 is 1.72. The Balaban J connectivity index is 1.89. The SMILES string of the molecule is CN[C@H]1C[C@@H](C(=O)O)N(C(=O)Cn2cc(C(C)=O)c3ccccc32)C1. The average Bonchev–Trinajstić information content (AvgIpc) is 3.17. The molecule has 0 radical (unpaired) electrons. The average molecular weight is 343 g/mol. The summed E-state index contributed by atoms with van der Waals surface area (Å²) in [7, 11) is 1.76. The van der Waals surface area contributed by atoms with Crippen LogP contribution in [0.25, 0.3) is 10.9 Å². The van der Waals surface area contributed by atoms with E-state index in [1.54, 1.807) is 17.8 Å². The summed E-state index contributed by atoms with van der Waals surface area (Å²) in [4.78, 5) is 37.5. The van der Waals surface area contributed by atoms with Crippen LogP contribution >= 0.6 is 0 Å². The summed E-state index contributed by atoms with van der Waals surface area (Å²) in [5, 5.41) is 13.2. The molecule has 1 saturated heterocycles. The van der Waals surface area contributed by atoms with Crippen LogP contribution in [-0.4, -0.2) is 57.9 Å². The number of rotatable bonds is 5. The van der Waals surface area contributed by atoms with Gasteiger partial charge in [0.15, 0.2) is 5.78 Å². The number of fused-ring (bicyclic) bond motifs is 1. The molecule has 7 nitrogen and oxygen atoms in total. The zero-order chi connectivity index (χ0) is 18.1. The smallest absolute Gasteiger partial charge is 0.326 e. The third-order valence-electron chi connectivity index (χ3n) is 4.79. The summed E-state index contributed by atoms with van der Waals surface area (Å²) in [6, 6.07) is 6.54. The second kappa shape index (κ2) is 6.68. The lowest BCUT2D eigenvalue weighted by Gasteiger charge is -2.22. The maximum Gasteiger partial charge on any atom is 0.326 e. The summed E-state index contributed by atoms with van der Waals surface area (Å²) in [6.45, 7) is 1.87. The maximum absolute atomic E-state index is 12.7. The number of carboxylic acid groups (broad SMARTS) is 1. The Labute approximate surface area is 145 Å². The Kier molecular flexibility index (Phi) is 4.59. The lowest BCUT2D eigenvalue weighted by Crippen LogP contribution is -2.42. The number of likely N-dealkylation sites (tertiary alicyclic amines) is 1. The van der Waals surface area contributed by atoms with Gasteiger partial charge >= 0.3 is 5.97 Å². The van der Waals surface area contributed by atoms with Crippen LogP contribution in [0.1, 0.15) is 23.7 Å². The van der Waals surface area contributed by atoms with Crippen molar-refractivity contribution in [2.24, 2.45) is 0 Å². The quantitative estimate of drug-likeness (QED) is 0.794. The van der Waals surface area contributed by atoms with Gasteiger partial charge in [0.1, 0.15) is 12.6 Å². The lowest BCUT2D eigenvalue weighted by molar-refractivity contribution is -0.148. The van der Waals surface area contributed by atoms with Crippen LogP contribution in [0, 0.1) is 0 Å². The summed E-state index contributed by atoms with van der Waals surface area (Å²) in [5.74, 6) is -1.32. The normalized spacial score (nSPS) is 20.2. The van der Waals surface area contributed by atoms with E-state index in [0.29, 0.717) is 18.5 Å². The minimum Gasteiger partial charge on any atom is -0.480 e. The maximum atomic E-state index is 12.7. The van der Waals surface area contributed by atoms with Gasteiger partial charge in [0.25, 0.3) is 0 Å². The minimum atomic E-state index is -0.993. The molecular weight excluding hydrogens is 322 g/mol. The molecule has 1 amide bonds. The molecule has 0 spiro atoms. The molecule has 1 aromatic carbocycles. The number of likely N-dealkylation sites (N-methyl/N-ethyl adjacent to an activating group) is 1. The monoisotopic (exact) mass is 343 g/mol. The first-order chi connectivity index (χ1) is 11.9. The molecule has 2 heterocycles. The number of nitrogens with zero attached hydrogens (tertiary/aromatic N) is 2. The van der Waals surface area contributed by atoms with Crippen molar-refractivity contribution in [3.63, 3.8) is 0 Å². The van der Waals surface area contributed by atoms with Crippen molar-refractivity contribution in [2.45, 2.75) is 32.0 Å². The molecule has 2 aromatic rings. The van der Waals surface area contributed by atoms with E-state index in [1.807, 2.05) is 24.3 Å². The van der Waals surface area contributed by atoms with Crippen molar-refractivity contribution in [1.29, 1.82) is 0 Å². The molecule has 1 aliphatic heterocycles. The Morgan fingerprint density at radius 2 is 2.00 bits per heavy atom. The summed E-state index contributed by atoms with van der Waals surface area (Å²) >= 11 is 0. The van der Waals surface area contributed by atoms with E-state index < -0.39 is 12.0 Å². The lowest BCUT2D eigenvalue weighted by atomic mass is 10.1. The fraction of sp³-hybridized carbons (Fsp3) is 0.389. The van der Waals surface area contributed by atoms with Gasteiger partial charge in [-0.05, 0) is 26.5 Å². The van der Waals surface area contributed by atoms with E-state index in [1.165, 1.54) is 11.8 Å². The molecule has 0 saturated carbocycles. The first kappa shape index (κ1) is 17.2. The highest BCUT2D eigenvalue weighted by Gasteiger charge is 2.39. The molecule has 1 aromatic heterocycles. The van der Waals surface area contributed by atoms with Crippen molar-refractivity contribution < 1.29 is 19.5 Å². The third kappa shape index (κ3) is 3.15. The fourth-order valence-electron chi connectivity index (χ4n) is 3.45. The highest BCUT2D eigenvalue weighted by molar-refractivity contribution is 6.07. The Hall–Kier alpha value is -2.67. The van der Waals surface area contributed by atoms with Crippen LogP contribution < -0.4 is 5.32 Å². The molecular formula is C18H21N3O4. The van der Waals surface area contributed by atoms with E-state index in [0.717, 1.165) is 10.9 Å². The molecule has 1 aliphatic rings. The van der Waals surface area contributed by atoms with E-state index in [4.69, 9.17) is 0 Å². The summed E-state index contributed by atoms with van der Waals surface area (Å²) in [6.07, 6.45) is 2.06. The van der Waals surface area contributed by atoms with E-state index >= 15 is 0 Å². The second-order valence-electron chi connectivity index (χ2n) is 6.37. The Morgan fingerprint density at radius 1 is 1.28 bits per heavy atom. The number of aliphatic carboxylic acids is 1. The Morgan fingerprint density at radius 3 is 2.64 bits per heavy atom. The van der Waals surface area contributed by atoms with Crippen molar-refractivity contribution in [1.82, 2.24) is 14.8 Å². The number of hydrogen-bond donors (Lipinski definition) is 2. The highest BCUT2D eigenvalue weighted by Crippen LogP contribution is 2.23. The van der Waals surface area contributed by atoms with E-state index in [-0.39, 0.29) is 24.3 Å². The van der Waals surface area contributed by atoms with Crippen molar-refractivity contribution in [2.75, 3.05) is 13.6 Å². The van der Waals surface area contributed by atoms with Crippen LogP contribution in [0.5, 0.6) is 0 Å². The third-order valence-corrected chi connectivity index (χ3v) is 4.79. The first-order valence-electron chi connectivity index (χ1n) is 8.20.